The molecule has 2 aromatic carbocycles. The summed E-state index contributed by atoms with van der Waals surface area (Å²) in [5, 5.41) is 19.3. The predicted octanol–water partition coefficient (Wildman–Crippen LogP) is 2.87. The van der Waals surface area contributed by atoms with Gasteiger partial charge in [-0.3, -0.25) is 4.99 Å². The van der Waals surface area contributed by atoms with E-state index in [1.54, 1.807) is 6.07 Å². The molecule has 19 heavy (non-hydrogen) atoms. The van der Waals surface area contributed by atoms with Crippen LogP contribution in [0, 0.1) is 0 Å². The van der Waals surface area contributed by atoms with Gasteiger partial charge in [-0.05, 0) is 12.1 Å². The second-order valence-electron chi connectivity index (χ2n) is 4.02. The molecule has 0 amide bonds. The largest absolute Gasteiger partial charge is 0.508 e. The van der Waals surface area contributed by atoms with E-state index in [1.807, 2.05) is 30.3 Å². The Balaban J connectivity index is 2.50. The van der Waals surface area contributed by atoms with Crippen LogP contribution in [0.2, 0.25) is 0 Å². The first-order valence-corrected chi connectivity index (χ1v) is 6.58. The molecular formula is C15H15NO2S. The van der Waals surface area contributed by atoms with E-state index in [4.69, 9.17) is 0 Å². The fourth-order valence-electron chi connectivity index (χ4n) is 1.81. The van der Waals surface area contributed by atoms with Crippen molar-refractivity contribution in [3.05, 3.63) is 59.7 Å². The Labute approximate surface area is 117 Å². The van der Waals surface area contributed by atoms with Crippen LogP contribution < -0.4 is 0 Å². The minimum Gasteiger partial charge on any atom is -0.508 e. The molecule has 2 rings (SSSR count). The third-order valence-corrected chi connectivity index (χ3v) is 2.85. The van der Waals surface area contributed by atoms with Crippen LogP contribution in [-0.4, -0.2) is 28.2 Å². The van der Waals surface area contributed by atoms with Gasteiger partial charge in [-0.1, -0.05) is 30.3 Å². The highest BCUT2D eigenvalue weighted by molar-refractivity contribution is 7.80. The molecule has 2 N–H and O–H groups in total. The molecular weight excluding hydrogens is 258 g/mol. The van der Waals surface area contributed by atoms with Gasteiger partial charge in [-0.2, -0.15) is 12.6 Å². The summed E-state index contributed by atoms with van der Waals surface area (Å²) < 4.78 is 0. The maximum atomic E-state index is 9.96. The van der Waals surface area contributed by atoms with Crippen LogP contribution in [0.25, 0.3) is 0 Å². The van der Waals surface area contributed by atoms with Crippen molar-refractivity contribution in [3.8, 4) is 11.5 Å². The smallest absolute Gasteiger partial charge is 0.128 e. The maximum absolute atomic E-state index is 9.96. The lowest BCUT2D eigenvalue weighted by Gasteiger charge is -2.09. The van der Waals surface area contributed by atoms with Crippen molar-refractivity contribution in [3.63, 3.8) is 0 Å². The highest BCUT2D eigenvalue weighted by Crippen LogP contribution is 2.25. The molecule has 0 aliphatic heterocycles. The normalized spacial score (nSPS) is 11.5. The zero-order valence-corrected chi connectivity index (χ0v) is 11.2. The molecule has 2 aromatic rings. The molecule has 0 atom stereocenters. The first-order valence-electron chi connectivity index (χ1n) is 5.95. The topological polar surface area (TPSA) is 52.8 Å². The van der Waals surface area contributed by atoms with Crippen LogP contribution in [0.1, 0.15) is 11.1 Å². The van der Waals surface area contributed by atoms with Gasteiger partial charge < -0.3 is 10.2 Å². The van der Waals surface area contributed by atoms with Crippen molar-refractivity contribution in [1.29, 1.82) is 0 Å². The highest BCUT2D eigenvalue weighted by atomic mass is 32.1. The van der Waals surface area contributed by atoms with Gasteiger partial charge >= 0.3 is 0 Å². The molecule has 98 valence electrons. The monoisotopic (exact) mass is 273 g/mol. The first kappa shape index (κ1) is 13.5. The lowest BCUT2D eigenvalue weighted by molar-refractivity contribution is 0.450. The third kappa shape index (κ3) is 3.29. The van der Waals surface area contributed by atoms with Crippen molar-refractivity contribution in [2.24, 2.45) is 4.99 Å². The average Bonchev–Trinajstić information content (AvgIpc) is 2.42. The Morgan fingerprint density at radius 2 is 1.79 bits per heavy atom. The van der Waals surface area contributed by atoms with Crippen LogP contribution in [0.4, 0.5) is 0 Å². The van der Waals surface area contributed by atoms with Gasteiger partial charge in [0.2, 0.25) is 0 Å². The Bertz CT molecular complexity index is 582. The van der Waals surface area contributed by atoms with E-state index < -0.39 is 0 Å². The number of aliphatic imine (C=N–C) groups is 1. The van der Waals surface area contributed by atoms with Gasteiger partial charge in [-0.25, -0.2) is 0 Å². The molecule has 3 nitrogen and oxygen atoms in total. The van der Waals surface area contributed by atoms with Gasteiger partial charge in [0.1, 0.15) is 11.5 Å². The molecule has 0 bridgehead atoms. The Morgan fingerprint density at radius 1 is 1.05 bits per heavy atom. The number of hydrogen-bond donors (Lipinski definition) is 3. The van der Waals surface area contributed by atoms with E-state index >= 15 is 0 Å². The molecule has 0 heterocycles. The van der Waals surface area contributed by atoms with Crippen molar-refractivity contribution in [2.75, 3.05) is 12.3 Å². The lowest BCUT2D eigenvalue weighted by Crippen LogP contribution is -2.05. The number of thiol groups is 1. The maximum Gasteiger partial charge on any atom is 0.128 e. The number of phenolic OH excluding ortho intramolecular Hbond substituents is 2. The second-order valence-corrected chi connectivity index (χ2v) is 4.47. The zero-order chi connectivity index (χ0) is 13.7. The highest BCUT2D eigenvalue weighted by Gasteiger charge is 2.11. The number of rotatable bonds is 4. The summed E-state index contributed by atoms with van der Waals surface area (Å²) in [6, 6.07) is 14.1. The minimum absolute atomic E-state index is 0.0155. The molecule has 0 radical (unpaired) electrons. The van der Waals surface area contributed by atoms with Gasteiger partial charge in [0.05, 0.1) is 5.71 Å². The van der Waals surface area contributed by atoms with Crippen molar-refractivity contribution >= 4 is 18.3 Å². The van der Waals surface area contributed by atoms with Crippen LogP contribution in [-0.2, 0) is 0 Å². The van der Waals surface area contributed by atoms with Crippen LogP contribution in [0.15, 0.2) is 53.5 Å². The van der Waals surface area contributed by atoms with Gasteiger partial charge in [0.25, 0.3) is 0 Å². The summed E-state index contributed by atoms with van der Waals surface area (Å²) in [5.41, 5.74) is 2.23. The predicted molar refractivity (Wildman–Crippen MR) is 80.6 cm³/mol. The van der Waals surface area contributed by atoms with E-state index in [0.29, 0.717) is 23.6 Å². The lowest BCUT2D eigenvalue weighted by atomic mass is 10.0. The fourth-order valence-corrected chi connectivity index (χ4v) is 1.91. The van der Waals surface area contributed by atoms with E-state index in [2.05, 4.69) is 17.6 Å². The van der Waals surface area contributed by atoms with Crippen LogP contribution in [0.3, 0.4) is 0 Å². The average molecular weight is 273 g/mol. The molecule has 0 aromatic heterocycles. The summed E-state index contributed by atoms with van der Waals surface area (Å²) >= 11 is 4.15. The number of nitrogens with zero attached hydrogens (tertiary/aromatic N) is 1. The standard InChI is InChI=1S/C15H15NO2S/c17-12-6-7-13(14(18)10-12)15(16-8-9-19)11-4-2-1-3-5-11/h1-7,10,17-19H,8-9H2. The molecule has 0 aliphatic rings. The fraction of sp³-hybridized carbons (Fsp3) is 0.133. The summed E-state index contributed by atoms with van der Waals surface area (Å²) in [5.74, 6) is 0.680. The van der Waals surface area contributed by atoms with Crippen LogP contribution >= 0.6 is 12.6 Å². The molecule has 0 fully saturated rings. The van der Waals surface area contributed by atoms with E-state index in [0.717, 1.165) is 5.56 Å². The number of aromatic hydroxyl groups is 2. The summed E-state index contributed by atoms with van der Waals surface area (Å²) in [6.45, 7) is 0.563. The van der Waals surface area contributed by atoms with Crippen molar-refractivity contribution < 1.29 is 10.2 Å². The van der Waals surface area contributed by atoms with Crippen molar-refractivity contribution in [2.45, 2.75) is 0 Å². The molecule has 0 spiro atoms. The SMILES string of the molecule is Oc1ccc(C(=NCCS)c2ccccc2)c(O)c1. The quantitative estimate of drug-likeness (QED) is 0.592. The van der Waals surface area contributed by atoms with Gasteiger partial charge in [0, 0.05) is 29.5 Å². The Morgan fingerprint density at radius 3 is 2.42 bits per heavy atom. The summed E-state index contributed by atoms with van der Waals surface area (Å²) in [6.07, 6.45) is 0. The number of hydrogen-bond acceptors (Lipinski definition) is 4. The van der Waals surface area contributed by atoms with E-state index in [9.17, 15) is 10.2 Å². The van der Waals surface area contributed by atoms with Crippen LogP contribution in [0.5, 0.6) is 11.5 Å². The molecule has 0 saturated heterocycles. The first-order chi connectivity index (χ1) is 9.22. The van der Waals surface area contributed by atoms with Gasteiger partial charge in [-0.15, -0.1) is 0 Å². The van der Waals surface area contributed by atoms with Gasteiger partial charge in [0.15, 0.2) is 0 Å². The molecule has 0 unspecified atom stereocenters. The molecule has 0 aliphatic carbocycles. The number of phenols is 2. The third-order valence-electron chi connectivity index (χ3n) is 2.65. The second kappa shape index (κ2) is 6.29. The Hall–Kier alpha value is -1.94. The Kier molecular flexibility index (Phi) is 4.47. The van der Waals surface area contributed by atoms with Crippen molar-refractivity contribution in [1.82, 2.24) is 0 Å². The molecule has 4 heteroatoms. The van der Waals surface area contributed by atoms with E-state index in [-0.39, 0.29) is 11.5 Å². The zero-order valence-electron chi connectivity index (χ0n) is 10.3. The summed E-state index contributed by atoms with van der Waals surface area (Å²) in [4.78, 5) is 4.47. The summed E-state index contributed by atoms with van der Waals surface area (Å²) in [7, 11) is 0. The molecule has 0 saturated carbocycles. The minimum atomic E-state index is 0.0155. The van der Waals surface area contributed by atoms with E-state index in [1.165, 1.54) is 12.1 Å². The number of benzene rings is 2.